The smallest absolute Gasteiger partial charge is 0.322 e. The van der Waals surface area contributed by atoms with Crippen LogP contribution in [0.25, 0.3) is 0 Å². The van der Waals surface area contributed by atoms with Gasteiger partial charge in [-0.15, -0.1) is 0 Å². The molecule has 0 radical (unpaired) electrons. The van der Waals surface area contributed by atoms with Crippen LogP contribution in [-0.4, -0.2) is 26.2 Å². The van der Waals surface area contributed by atoms with Gasteiger partial charge in [-0.05, 0) is 42.0 Å². The summed E-state index contributed by atoms with van der Waals surface area (Å²) in [5, 5.41) is 0. The summed E-state index contributed by atoms with van der Waals surface area (Å²) in [7, 11) is 2.99. The molecule has 1 aliphatic rings. The third-order valence-corrected chi connectivity index (χ3v) is 3.44. The van der Waals surface area contributed by atoms with E-state index in [1.54, 1.807) is 7.11 Å². The first kappa shape index (κ1) is 12.9. The molecule has 0 fully saturated rings. The van der Waals surface area contributed by atoms with Crippen LogP contribution in [-0.2, 0) is 28.8 Å². The number of benzene rings is 1. The van der Waals surface area contributed by atoms with Crippen molar-refractivity contribution in [3.8, 4) is 5.75 Å². The van der Waals surface area contributed by atoms with Gasteiger partial charge in [-0.25, -0.2) is 0 Å². The monoisotopic (exact) mass is 249 g/mol. The fourth-order valence-corrected chi connectivity index (χ4v) is 2.47. The number of fused-ring (bicyclic) bond motifs is 1. The molecule has 1 aromatic rings. The molecular weight excluding hydrogens is 230 g/mol. The van der Waals surface area contributed by atoms with E-state index in [9.17, 15) is 4.79 Å². The molecule has 0 bridgehead atoms. The van der Waals surface area contributed by atoms with Crippen molar-refractivity contribution in [3.05, 3.63) is 28.8 Å². The highest BCUT2D eigenvalue weighted by atomic mass is 16.5. The number of nitrogens with two attached hydrogens (primary N) is 1. The maximum Gasteiger partial charge on any atom is 0.322 e. The molecule has 2 rings (SSSR count). The fourth-order valence-electron chi connectivity index (χ4n) is 2.47. The predicted octanol–water partition coefficient (Wildman–Crippen LogP) is 1.23. The van der Waals surface area contributed by atoms with Crippen molar-refractivity contribution >= 4 is 5.97 Å². The predicted molar refractivity (Wildman–Crippen MR) is 68.7 cm³/mol. The summed E-state index contributed by atoms with van der Waals surface area (Å²) in [4.78, 5) is 11.4. The van der Waals surface area contributed by atoms with Gasteiger partial charge in [-0.1, -0.05) is 6.07 Å². The number of hydrogen-bond acceptors (Lipinski definition) is 4. The van der Waals surface area contributed by atoms with Gasteiger partial charge in [0.2, 0.25) is 0 Å². The molecule has 0 aliphatic heterocycles. The molecular formula is C14H19NO3. The van der Waals surface area contributed by atoms with E-state index in [1.807, 2.05) is 0 Å². The molecule has 1 unspecified atom stereocenters. The molecule has 1 atom stereocenters. The Morgan fingerprint density at radius 2 is 2.00 bits per heavy atom. The van der Waals surface area contributed by atoms with Crippen molar-refractivity contribution in [3.63, 3.8) is 0 Å². The number of rotatable bonds is 4. The fraction of sp³-hybridized carbons (Fsp3) is 0.500. The maximum atomic E-state index is 11.4. The van der Waals surface area contributed by atoms with Crippen molar-refractivity contribution < 1.29 is 14.3 Å². The Balaban J connectivity index is 2.24. The minimum absolute atomic E-state index is 0.391. The van der Waals surface area contributed by atoms with Crippen LogP contribution in [0, 0.1) is 0 Å². The molecule has 4 heteroatoms. The number of carbonyl (C=O) groups is 1. The molecule has 0 saturated carbocycles. The summed E-state index contributed by atoms with van der Waals surface area (Å²) in [6.45, 7) is 0. The van der Waals surface area contributed by atoms with Crippen LogP contribution in [0.5, 0.6) is 5.75 Å². The van der Waals surface area contributed by atoms with Crippen molar-refractivity contribution in [1.82, 2.24) is 0 Å². The summed E-state index contributed by atoms with van der Waals surface area (Å²) in [6.07, 6.45) is 3.84. The van der Waals surface area contributed by atoms with Gasteiger partial charge in [-0.3, -0.25) is 4.79 Å². The highest BCUT2D eigenvalue weighted by molar-refractivity contribution is 5.75. The number of hydrogen-bond donors (Lipinski definition) is 1. The molecule has 2 N–H and O–H groups in total. The molecule has 0 spiro atoms. The molecule has 0 heterocycles. The lowest BCUT2D eigenvalue weighted by Gasteiger charge is -2.14. The second kappa shape index (κ2) is 5.40. The second-order valence-corrected chi connectivity index (χ2v) is 4.62. The average molecular weight is 249 g/mol. The lowest BCUT2D eigenvalue weighted by atomic mass is 10.00. The Labute approximate surface area is 107 Å². The van der Waals surface area contributed by atoms with Crippen LogP contribution in [0.2, 0.25) is 0 Å². The highest BCUT2D eigenvalue weighted by Gasteiger charge is 2.20. The molecule has 0 amide bonds. The van der Waals surface area contributed by atoms with Crippen LogP contribution in [0.15, 0.2) is 12.1 Å². The molecule has 98 valence electrons. The largest absolute Gasteiger partial charge is 0.496 e. The SMILES string of the molecule is COC(=O)C(N)Cc1cc2c(cc1OC)CCC2. The summed E-state index contributed by atoms with van der Waals surface area (Å²) in [5.74, 6) is 0.424. The second-order valence-electron chi connectivity index (χ2n) is 4.62. The van der Waals surface area contributed by atoms with Gasteiger partial charge in [0.05, 0.1) is 14.2 Å². The Hall–Kier alpha value is -1.55. The van der Waals surface area contributed by atoms with E-state index < -0.39 is 12.0 Å². The number of ether oxygens (including phenoxy) is 2. The normalized spacial score (nSPS) is 15.1. The lowest BCUT2D eigenvalue weighted by Crippen LogP contribution is -2.33. The Morgan fingerprint density at radius 3 is 2.61 bits per heavy atom. The number of methoxy groups -OCH3 is 2. The number of esters is 1. The molecule has 1 aliphatic carbocycles. The van der Waals surface area contributed by atoms with Crippen molar-refractivity contribution in [1.29, 1.82) is 0 Å². The summed E-state index contributed by atoms with van der Waals surface area (Å²) in [5.41, 5.74) is 9.48. The van der Waals surface area contributed by atoms with E-state index in [0.29, 0.717) is 6.42 Å². The van der Waals surface area contributed by atoms with Gasteiger partial charge in [0, 0.05) is 6.42 Å². The molecule has 18 heavy (non-hydrogen) atoms. The van der Waals surface area contributed by atoms with Crippen molar-refractivity contribution in [2.24, 2.45) is 5.73 Å². The highest BCUT2D eigenvalue weighted by Crippen LogP contribution is 2.30. The van der Waals surface area contributed by atoms with Crippen LogP contribution < -0.4 is 10.5 Å². The number of carbonyl (C=O) groups excluding carboxylic acids is 1. The topological polar surface area (TPSA) is 61.5 Å². The van der Waals surface area contributed by atoms with Gasteiger partial charge >= 0.3 is 5.97 Å². The van der Waals surface area contributed by atoms with E-state index in [0.717, 1.165) is 24.2 Å². The third kappa shape index (κ3) is 2.48. The van der Waals surface area contributed by atoms with Gasteiger partial charge in [0.25, 0.3) is 0 Å². The Kier molecular flexibility index (Phi) is 3.87. The van der Waals surface area contributed by atoms with Gasteiger partial charge < -0.3 is 15.2 Å². The third-order valence-electron chi connectivity index (χ3n) is 3.44. The minimum Gasteiger partial charge on any atom is -0.496 e. The van der Waals surface area contributed by atoms with Crippen molar-refractivity contribution in [2.75, 3.05) is 14.2 Å². The lowest BCUT2D eigenvalue weighted by molar-refractivity contribution is -0.142. The van der Waals surface area contributed by atoms with Crippen LogP contribution in [0.3, 0.4) is 0 Å². The van der Waals surface area contributed by atoms with E-state index in [2.05, 4.69) is 16.9 Å². The maximum absolute atomic E-state index is 11.4. The first-order chi connectivity index (χ1) is 8.65. The van der Waals surface area contributed by atoms with E-state index >= 15 is 0 Å². The number of aryl methyl sites for hydroxylation is 2. The molecule has 4 nitrogen and oxygen atoms in total. The Morgan fingerprint density at radius 1 is 1.33 bits per heavy atom. The summed E-state index contributed by atoms with van der Waals surface area (Å²) >= 11 is 0. The van der Waals surface area contributed by atoms with E-state index in [1.165, 1.54) is 24.7 Å². The van der Waals surface area contributed by atoms with E-state index in [-0.39, 0.29) is 0 Å². The van der Waals surface area contributed by atoms with Gasteiger partial charge in [-0.2, -0.15) is 0 Å². The zero-order valence-electron chi connectivity index (χ0n) is 10.9. The standard InChI is InChI=1S/C14H19NO3/c1-17-13-8-10-5-3-4-9(10)6-11(13)7-12(15)14(16)18-2/h6,8,12H,3-5,7,15H2,1-2H3. The van der Waals surface area contributed by atoms with Gasteiger partial charge in [0.1, 0.15) is 11.8 Å². The minimum atomic E-state index is -0.636. The van der Waals surface area contributed by atoms with Crippen molar-refractivity contribution in [2.45, 2.75) is 31.7 Å². The zero-order chi connectivity index (χ0) is 13.1. The summed E-state index contributed by atoms with van der Waals surface area (Å²) in [6, 6.07) is 3.55. The first-order valence-corrected chi connectivity index (χ1v) is 6.17. The van der Waals surface area contributed by atoms with Crippen LogP contribution >= 0.6 is 0 Å². The Bertz CT molecular complexity index is 457. The quantitative estimate of drug-likeness (QED) is 0.815. The molecule has 0 aromatic heterocycles. The van der Waals surface area contributed by atoms with Gasteiger partial charge in [0.15, 0.2) is 0 Å². The van der Waals surface area contributed by atoms with E-state index in [4.69, 9.17) is 10.5 Å². The first-order valence-electron chi connectivity index (χ1n) is 6.17. The van der Waals surface area contributed by atoms with Crippen LogP contribution in [0.1, 0.15) is 23.1 Å². The molecule has 0 saturated heterocycles. The van der Waals surface area contributed by atoms with Crippen LogP contribution in [0.4, 0.5) is 0 Å². The summed E-state index contributed by atoms with van der Waals surface area (Å²) < 4.78 is 10.0. The molecule has 1 aromatic carbocycles. The average Bonchev–Trinajstić information content (AvgIpc) is 2.83. The zero-order valence-corrected chi connectivity index (χ0v) is 10.9.